The fraction of sp³-hybridized carbons (Fsp3) is 0.273. The first-order valence-electron chi connectivity index (χ1n) is 9.42. The molecular weight excluding hydrogens is 370 g/mol. The third kappa shape index (κ3) is 4.47. The second-order valence-electron chi connectivity index (χ2n) is 6.87. The SMILES string of the molecule is Cc1cccc(C(=O)Nc2nc(-c3ccccc3)c(CN3CCOCC3)s2)c1. The number of carbonyl (C=O) groups excluding carboxylic acids is 1. The third-order valence-electron chi connectivity index (χ3n) is 4.72. The maximum atomic E-state index is 12.6. The summed E-state index contributed by atoms with van der Waals surface area (Å²) in [6.07, 6.45) is 0. The Bertz CT molecular complexity index is 949. The molecule has 2 aromatic carbocycles. The minimum absolute atomic E-state index is 0.130. The molecule has 1 fully saturated rings. The Morgan fingerprint density at radius 1 is 1.14 bits per heavy atom. The second-order valence-corrected chi connectivity index (χ2v) is 7.95. The zero-order valence-electron chi connectivity index (χ0n) is 15.9. The molecule has 28 heavy (non-hydrogen) atoms. The number of ether oxygens (including phenoxy) is 1. The van der Waals surface area contributed by atoms with Gasteiger partial charge in [-0.1, -0.05) is 59.4 Å². The van der Waals surface area contributed by atoms with Crippen LogP contribution in [0, 0.1) is 6.92 Å². The van der Waals surface area contributed by atoms with E-state index in [-0.39, 0.29) is 5.91 Å². The van der Waals surface area contributed by atoms with Crippen LogP contribution in [0.25, 0.3) is 11.3 Å². The first-order chi connectivity index (χ1) is 13.7. The number of amides is 1. The normalized spacial score (nSPS) is 14.8. The van der Waals surface area contributed by atoms with E-state index in [9.17, 15) is 4.79 Å². The number of benzene rings is 2. The number of nitrogens with zero attached hydrogens (tertiary/aromatic N) is 2. The highest BCUT2D eigenvalue weighted by Crippen LogP contribution is 2.32. The number of carbonyl (C=O) groups is 1. The Hall–Kier alpha value is -2.54. The summed E-state index contributed by atoms with van der Waals surface area (Å²) < 4.78 is 5.46. The summed E-state index contributed by atoms with van der Waals surface area (Å²) in [6.45, 7) is 6.14. The first-order valence-corrected chi connectivity index (χ1v) is 10.2. The summed E-state index contributed by atoms with van der Waals surface area (Å²) in [5.74, 6) is -0.130. The van der Waals surface area contributed by atoms with Crippen LogP contribution in [0.1, 0.15) is 20.8 Å². The van der Waals surface area contributed by atoms with Gasteiger partial charge < -0.3 is 4.74 Å². The van der Waals surface area contributed by atoms with Crippen LogP contribution in [0.15, 0.2) is 54.6 Å². The van der Waals surface area contributed by atoms with Gasteiger partial charge in [0.05, 0.1) is 18.9 Å². The lowest BCUT2D eigenvalue weighted by Crippen LogP contribution is -2.35. The van der Waals surface area contributed by atoms with Gasteiger partial charge >= 0.3 is 0 Å². The molecule has 0 aliphatic carbocycles. The number of rotatable bonds is 5. The van der Waals surface area contributed by atoms with Gasteiger partial charge in [-0.3, -0.25) is 15.0 Å². The van der Waals surface area contributed by atoms with E-state index < -0.39 is 0 Å². The largest absolute Gasteiger partial charge is 0.379 e. The molecule has 0 radical (unpaired) electrons. The molecule has 1 aliphatic rings. The van der Waals surface area contributed by atoms with Gasteiger partial charge in [0.25, 0.3) is 5.91 Å². The Balaban J connectivity index is 1.60. The quantitative estimate of drug-likeness (QED) is 0.706. The number of morpholine rings is 1. The van der Waals surface area contributed by atoms with Crippen LogP contribution in [0.5, 0.6) is 0 Å². The van der Waals surface area contributed by atoms with Crippen molar-refractivity contribution >= 4 is 22.4 Å². The fourth-order valence-electron chi connectivity index (χ4n) is 3.25. The summed E-state index contributed by atoms with van der Waals surface area (Å²) in [5, 5.41) is 3.61. The van der Waals surface area contributed by atoms with E-state index in [1.165, 1.54) is 0 Å². The molecule has 5 nitrogen and oxygen atoms in total. The van der Waals surface area contributed by atoms with Crippen molar-refractivity contribution in [3.63, 3.8) is 0 Å². The highest BCUT2D eigenvalue weighted by molar-refractivity contribution is 7.16. The molecule has 144 valence electrons. The average molecular weight is 394 g/mol. The number of aryl methyl sites for hydroxylation is 1. The minimum Gasteiger partial charge on any atom is -0.379 e. The molecule has 0 unspecified atom stereocenters. The number of anilines is 1. The van der Waals surface area contributed by atoms with Crippen molar-refractivity contribution < 1.29 is 9.53 Å². The smallest absolute Gasteiger partial charge is 0.257 e. The predicted molar refractivity (Wildman–Crippen MR) is 113 cm³/mol. The maximum absolute atomic E-state index is 12.6. The molecule has 3 aromatic rings. The lowest BCUT2D eigenvalue weighted by Gasteiger charge is -2.26. The van der Waals surface area contributed by atoms with Crippen LogP contribution in [0.2, 0.25) is 0 Å². The monoisotopic (exact) mass is 393 g/mol. The Morgan fingerprint density at radius 2 is 1.93 bits per heavy atom. The van der Waals surface area contributed by atoms with Crippen molar-refractivity contribution in [3.05, 3.63) is 70.6 Å². The van der Waals surface area contributed by atoms with Crippen molar-refractivity contribution in [1.82, 2.24) is 9.88 Å². The van der Waals surface area contributed by atoms with E-state index in [1.807, 2.05) is 49.4 Å². The van der Waals surface area contributed by atoms with Gasteiger partial charge in [0.2, 0.25) is 0 Å². The minimum atomic E-state index is -0.130. The molecule has 4 rings (SSSR count). The number of hydrogen-bond donors (Lipinski definition) is 1. The molecule has 0 bridgehead atoms. The average Bonchev–Trinajstić information content (AvgIpc) is 3.11. The number of aromatic nitrogens is 1. The van der Waals surface area contributed by atoms with Crippen LogP contribution < -0.4 is 5.32 Å². The topological polar surface area (TPSA) is 54.5 Å². The van der Waals surface area contributed by atoms with Crippen molar-refractivity contribution in [2.45, 2.75) is 13.5 Å². The molecule has 1 amide bonds. The highest BCUT2D eigenvalue weighted by atomic mass is 32.1. The van der Waals surface area contributed by atoms with E-state index in [0.717, 1.165) is 54.5 Å². The van der Waals surface area contributed by atoms with E-state index in [2.05, 4.69) is 22.3 Å². The van der Waals surface area contributed by atoms with E-state index in [4.69, 9.17) is 9.72 Å². The van der Waals surface area contributed by atoms with Gasteiger partial charge in [-0.25, -0.2) is 4.98 Å². The summed E-state index contributed by atoms with van der Waals surface area (Å²) >= 11 is 1.55. The molecule has 6 heteroatoms. The van der Waals surface area contributed by atoms with Crippen molar-refractivity contribution in [2.75, 3.05) is 31.6 Å². The molecule has 0 saturated carbocycles. The van der Waals surface area contributed by atoms with Crippen LogP contribution in [-0.2, 0) is 11.3 Å². The summed E-state index contributed by atoms with van der Waals surface area (Å²) in [5.41, 5.74) is 3.71. The molecular formula is C22H23N3O2S. The zero-order chi connectivity index (χ0) is 19.3. The number of hydrogen-bond acceptors (Lipinski definition) is 5. The van der Waals surface area contributed by atoms with Crippen LogP contribution in [0.4, 0.5) is 5.13 Å². The van der Waals surface area contributed by atoms with Crippen LogP contribution in [0.3, 0.4) is 0 Å². The molecule has 1 aromatic heterocycles. The summed E-state index contributed by atoms with van der Waals surface area (Å²) in [7, 11) is 0. The van der Waals surface area contributed by atoms with Gasteiger partial charge in [0, 0.05) is 35.6 Å². The molecule has 2 heterocycles. The summed E-state index contributed by atoms with van der Waals surface area (Å²) in [6, 6.07) is 17.7. The van der Waals surface area contributed by atoms with Gasteiger partial charge in [-0.05, 0) is 19.1 Å². The van der Waals surface area contributed by atoms with Gasteiger partial charge in [-0.15, -0.1) is 0 Å². The Labute approximate surface area is 169 Å². The van der Waals surface area contributed by atoms with Crippen LogP contribution >= 0.6 is 11.3 Å². The van der Waals surface area contributed by atoms with Crippen molar-refractivity contribution in [1.29, 1.82) is 0 Å². The van der Waals surface area contributed by atoms with Gasteiger partial charge in [0.1, 0.15) is 0 Å². The van der Waals surface area contributed by atoms with Crippen LogP contribution in [-0.4, -0.2) is 42.1 Å². The lowest BCUT2D eigenvalue weighted by molar-refractivity contribution is 0.0347. The third-order valence-corrected chi connectivity index (χ3v) is 5.67. The first kappa shape index (κ1) is 18.8. The predicted octanol–water partition coefficient (Wildman–Crippen LogP) is 4.20. The number of thiazole rings is 1. The van der Waals surface area contributed by atoms with Crippen molar-refractivity contribution in [3.8, 4) is 11.3 Å². The van der Waals surface area contributed by atoms with Crippen molar-refractivity contribution in [2.24, 2.45) is 0 Å². The van der Waals surface area contributed by atoms with E-state index >= 15 is 0 Å². The maximum Gasteiger partial charge on any atom is 0.257 e. The molecule has 1 N–H and O–H groups in total. The summed E-state index contributed by atoms with van der Waals surface area (Å²) in [4.78, 5) is 20.9. The lowest BCUT2D eigenvalue weighted by atomic mass is 10.1. The molecule has 1 aliphatic heterocycles. The van der Waals surface area contributed by atoms with E-state index in [1.54, 1.807) is 11.3 Å². The van der Waals surface area contributed by atoms with Gasteiger partial charge in [-0.2, -0.15) is 0 Å². The number of nitrogens with one attached hydrogen (secondary N) is 1. The fourth-order valence-corrected chi connectivity index (χ4v) is 4.27. The van der Waals surface area contributed by atoms with Gasteiger partial charge in [0.15, 0.2) is 5.13 Å². The Morgan fingerprint density at radius 3 is 2.68 bits per heavy atom. The molecule has 0 spiro atoms. The zero-order valence-corrected chi connectivity index (χ0v) is 16.7. The second kappa shape index (κ2) is 8.65. The standard InChI is InChI=1S/C22H23N3O2S/c1-16-6-5-9-18(14-16)21(26)24-22-23-20(17-7-3-2-4-8-17)19(28-22)15-25-10-12-27-13-11-25/h2-9,14H,10-13,15H2,1H3,(H,23,24,26). The Kier molecular flexibility index (Phi) is 5.81. The molecule has 0 atom stereocenters. The highest BCUT2D eigenvalue weighted by Gasteiger charge is 2.19. The molecule has 1 saturated heterocycles. The van der Waals surface area contributed by atoms with E-state index in [0.29, 0.717) is 10.7 Å².